The average molecular weight is 1620 g/mol. The van der Waals surface area contributed by atoms with Gasteiger partial charge < -0.3 is 28.1 Å². The molecule has 0 fully saturated rings. The van der Waals surface area contributed by atoms with Crippen LogP contribution in [0.25, 0.3) is 165 Å². The van der Waals surface area contributed by atoms with Gasteiger partial charge in [-0.25, -0.2) is 0 Å². The topological polar surface area (TPSA) is 26.2 Å². The van der Waals surface area contributed by atoms with Gasteiger partial charge in [0.25, 0.3) is 0 Å². The first-order chi connectivity index (χ1) is 61.5. The summed E-state index contributed by atoms with van der Waals surface area (Å²) in [5.74, 6) is 0. The number of hydrogen-bond donors (Lipinski definition) is 0. The summed E-state index contributed by atoms with van der Waals surface area (Å²) in [4.78, 5) is 5.02. The molecule has 0 atom stereocenters. The molecule has 22 aromatic rings. The molecule has 126 heavy (non-hydrogen) atoms. The molecule has 24 rings (SSSR count). The summed E-state index contributed by atoms with van der Waals surface area (Å²) in [6.45, 7) is 19.7. The van der Waals surface area contributed by atoms with E-state index >= 15 is 0 Å². The van der Waals surface area contributed by atoms with Crippen LogP contribution in [-0.2, 0) is 21.7 Å². The summed E-state index contributed by atoms with van der Waals surface area (Å²) in [5.41, 5.74) is 33.2. The van der Waals surface area contributed by atoms with Gasteiger partial charge in [-0.3, -0.25) is 0 Å². The highest BCUT2D eigenvalue weighted by Crippen LogP contribution is 2.55. The molecule has 2 aliphatic carbocycles. The second kappa shape index (κ2) is 28.4. The van der Waals surface area contributed by atoms with Crippen LogP contribution in [-0.4, -0.2) is 18.3 Å². The van der Waals surface area contributed by atoms with Crippen molar-refractivity contribution in [2.45, 2.75) is 103 Å². The van der Waals surface area contributed by atoms with Gasteiger partial charge in [0.1, 0.15) is 0 Å². The van der Waals surface area contributed by atoms with E-state index < -0.39 is 0 Å². The van der Waals surface area contributed by atoms with Crippen LogP contribution in [0.2, 0.25) is 0 Å². The van der Waals surface area contributed by atoms with Crippen LogP contribution in [0.3, 0.4) is 0 Å². The van der Waals surface area contributed by atoms with Crippen molar-refractivity contribution >= 4 is 143 Å². The van der Waals surface area contributed by atoms with Gasteiger partial charge in [-0.1, -0.05) is 304 Å². The van der Waals surface area contributed by atoms with Crippen molar-refractivity contribution in [2.24, 2.45) is 0 Å². The highest BCUT2D eigenvalue weighted by atomic mass is 15.2. The van der Waals surface area contributed by atoms with Crippen LogP contribution in [0.5, 0.6) is 0 Å². The number of anilines is 6. The van der Waals surface area contributed by atoms with Crippen LogP contribution in [0, 0.1) is 0 Å². The van der Waals surface area contributed by atoms with E-state index in [1.807, 2.05) is 0 Å². The normalized spacial score (nSPS) is 14.6. The molecule has 0 spiro atoms. The molecule has 0 N–H and O–H groups in total. The second-order valence-electron chi connectivity index (χ2n) is 38.0. The van der Waals surface area contributed by atoms with Crippen LogP contribution >= 0.6 is 0 Å². The van der Waals surface area contributed by atoms with E-state index in [0.29, 0.717) is 0 Å². The third-order valence-electron chi connectivity index (χ3n) is 28.8. The molecule has 18 aromatic carbocycles. The molecular formula is C120H96N6. The van der Waals surface area contributed by atoms with Gasteiger partial charge in [-0.15, -0.1) is 0 Å². The Bertz CT molecular complexity index is 8190. The number of nitrogens with zero attached hydrogens (tertiary/aromatic N) is 6. The predicted octanol–water partition coefficient (Wildman–Crippen LogP) is 33.0. The summed E-state index contributed by atoms with van der Waals surface area (Å²) in [6.07, 6.45) is 4.46. The van der Waals surface area contributed by atoms with Crippen molar-refractivity contribution in [3.05, 3.63) is 411 Å². The molecule has 0 radical (unpaired) electrons. The summed E-state index contributed by atoms with van der Waals surface area (Å²) >= 11 is 0. The van der Waals surface area contributed by atoms with Gasteiger partial charge in [0.2, 0.25) is 0 Å². The summed E-state index contributed by atoms with van der Waals surface area (Å²) in [6, 6.07) is 146. The molecule has 2 aliphatic rings. The molecule has 4 aromatic heterocycles. The fourth-order valence-electron chi connectivity index (χ4n) is 22.3. The van der Waals surface area contributed by atoms with E-state index in [9.17, 15) is 0 Å². The van der Waals surface area contributed by atoms with Gasteiger partial charge in [0.15, 0.2) is 0 Å². The van der Waals surface area contributed by atoms with Crippen molar-refractivity contribution in [3.63, 3.8) is 0 Å². The molecule has 0 saturated heterocycles. The fourth-order valence-corrected chi connectivity index (χ4v) is 22.3. The molecular weight excluding hydrogens is 1530 g/mol. The second-order valence-corrected chi connectivity index (χ2v) is 38.0. The Balaban J connectivity index is 0.674. The van der Waals surface area contributed by atoms with E-state index in [0.717, 1.165) is 110 Å². The highest BCUT2D eigenvalue weighted by molar-refractivity contribution is 6.26. The van der Waals surface area contributed by atoms with E-state index in [-0.39, 0.29) is 21.7 Å². The zero-order chi connectivity index (χ0) is 84.6. The number of para-hydroxylation sites is 5. The lowest BCUT2D eigenvalue weighted by molar-refractivity contribution is 0.331. The number of hydrogen-bond acceptors (Lipinski definition) is 2. The molecule has 4 heterocycles. The van der Waals surface area contributed by atoms with Crippen LogP contribution < -0.4 is 9.80 Å². The van der Waals surface area contributed by atoms with Crippen molar-refractivity contribution in [1.82, 2.24) is 18.3 Å². The van der Waals surface area contributed by atoms with Gasteiger partial charge in [-0.05, 0) is 259 Å². The summed E-state index contributed by atoms with van der Waals surface area (Å²) in [7, 11) is 0. The third kappa shape index (κ3) is 11.7. The Hall–Kier alpha value is -14.7. The molecule has 0 aliphatic heterocycles. The fraction of sp³-hybridized carbons (Fsp3) is 0.133. The number of fused-ring (bicyclic) bond motifs is 18. The Morgan fingerprint density at radius 2 is 0.563 bits per heavy atom. The van der Waals surface area contributed by atoms with E-state index in [2.05, 4.69) is 472 Å². The quantitative estimate of drug-likeness (QED) is 0.115. The monoisotopic (exact) mass is 1620 g/mol. The van der Waals surface area contributed by atoms with Crippen molar-refractivity contribution in [3.8, 4) is 56.1 Å². The van der Waals surface area contributed by atoms with E-state index in [1.165, 1.54) is 137 Å². The molecule has 606 valence electrons. The van der Waals surface area contributed by atoms with Crippen LogP contribution in [0.15, 0.2) is 388 Å². The minimum atomic E-state index is -0.0947. The Kier molecular flexibility index (Phi) is 16.9. The Morgan fingerprint density at radius 1 is 0.206 bits per heavy atom. The zero-order valence-corrected chi connectivity index (χ0v) is 72.5. The molecule has 0 bridgehead atoms. The predicted molar refractivity (Wildman–Crippen MR) is 535 cm³/mol. The van der Waals surface area contributed by atoms with E-state index in [1.54, 1.807) is 0 Å². The number of rotatable bonds is 13. The molecule has 6 nitrogen and oxygen atoms in total. The maximum atomic E-state index is 2.64. The maximum absolute atomic E-state index is 2.64. The molecule has 0 saturated carbocycles. The average Bonchev–Trinajstić information content (AvgIpc) is 1.53. The zero-order valence-electron chi connectivity index (χ0n) is 72.5. The largest absolute Gasteiger partial charge is 0.310 e. The summed E-state index contributed by atoms with van der Waals surface area (Å²) in [5, 5.41) is 14.7. The minimum absolute atomic E-state index is 0.0107. The van der Waals surface area contributed by atoms with Gasteiger partial charge in [-0.2, -0.15) is 0 Å². The standard InChI is InChI=1S/C120H96N6/c1-117(2)67-69-119(5,6)115-100(117)42-27-47-106(115)125-104-46-25-22-41-97(104)113-96-40-19-18-39-93(96)111(76-112(113)125)122(90-61-64-95-92-38-21-24-45-103(92)124(109(95)75-90)85-35-16-11-17-36-85)87-58-53-79(54-59-87)81-31-26-32-82(71-81)83-50-49-80-55-66-105-114(99(80)72-83)98-65-62-89(74-110(98)126(105)107-48-28-43-101-116(107)120(7,8)70-68-118(101,3)4)121(86-56-51-78(52-57-86)77-29-12-9-13-30-77)88-60-63-94-91-37-20-23-44-102(91)123(108(94)73-88)84-33-14-10-15-34-84/h9-66,71-76H,67-70H2,1-8H3. The lowest BCUT2D eigenvalue weighted by atomic mass is 9.62. The van der Waals surface area contributed by atoms with Gasteiger partial charge in [0, 0.05) is 88.3 Å². The Morgan fingerprint density at radius 3 is 1.12 bits per heavy atom. The van der Waals surface area contributed by atoms with Crippen molar-refractivity contribution in [1.29, 1.82) is 0 Å². The van der Waals surface area contributed by atoms with Crippen molar-refractivity contribution in [2.75, 3.05) is 9.80 Å². The first-order valence-electron chi connectivity index (χ1n) is 44.9. The van der Waals surface area contributed by atoms with Gasteiger partial charge >= 0.3 is 0 Å². The molecule has 6 heteroatoms. The van der Waals surface area contributed by atoms with Crippen LogP contribution in [0.4, 0.5) is 34.1 Å². The van der Waals surface area contributed by atoms with Crippen molar-refractivity contribution < 1.29 is 0 Å². The lowest BCUT2D eigenvalue weighted by Crippen LogP contribution is -2.35. The lowest BCUT2D eigenvalue weighted by Gasteiger charge is -2.43. The summed E-state index contributed by atoms with van der Waals surface area (Å²) < 4.78 is 10.1. The Labute approximate surface area is 735 Å². The van der Waals surface area contributed by atoms with E-state index in [4.69, 9.17) is 0 Å². The minimum Gasteiger partial charge on any atom is -0.310 e. The third-order valence-corrected chi connectivity index (χ3v) is 28.8. The maximum Gasteiger partial charge on any atom is 0.0568 e. The van der Waals surface area contributed by atoms with Gasteiger partial charge in [0.05, 0.1) is 61.2 Å². The van der Waals surface area contributed by atoms with Crippen LogP contribution in [0.1, 0.15) is 103 Å². The smallest absolute Gasteiger partial charge is 0.0568 e. The molecule has 0 amide bonds. The SMILES string of the molecule is CC1(C)CCC(C)(C)c2c(-n3c4cc(N(c5ccc(-c6ccccc6)cc5)c5ccc6c7ccccc7n(-c7ccccc7)c6c5)ccc4c4c5cc(-c6cccc(-c7ccc(N(c8ccc9c%10ccccc%10n(-c%10ccccc%10)c9c8)c8cc9c(c%10ccccc8%10)c8ccccc8n9-c8cccc9c8C(C)(C)CCC9(C)C)cc7)c6)ccc5ccc43)cccc21. The number of aromatic nitrogens is 4. The highest BCUT2D eigenvalue weighted by Gasteiger charge is 2.42. The first kappa shape index (κ1) is 75.1. The first-order valence-corrected chi connectivity index (χ1v) is 44.9. The molecule has 0 unspecified atom stereocenters. The number of benzene rings is 18.